The van der Waals surface area contributed by atoms with E-state index in [1.807, 2.05) is 10.8 Å². The summed E-state index contributed by atoms with van der Waals surface area (Å²) < 4.78 is 7.20. The van der Waals surface area contributed by atoms with E-state index in [0.717, 1.165) is 19.0 Å². The second kappa shape index (κ2) is 1.98. The second-order valence-corrected chi connectivity index (χ2v) is 2.33. The summed E-state index contributed by atoms with van der Waals surface area (Å²) in [7, 11) is 0. The molecule has 0 atom stereocenters. The molecule has 0 unspecified atom stereocenters. The van der Waals surface area contributed by atoms with Gasteiger partial charge < -0.3 is 15.0 Å². The maximum Gasteiger partial charge on any atom is 0.142 e. The number of fused-ring (bicyclic) bond motifs is 1. The molecular formula is C6H9N3O. The fourth-order valence-electron chi connectivity index (χ4n) is 1.11. The molecule has 4 heteroatoms. The van der Waals surface area contributed by atoms with Crippen LogP contribution >= 0.6 is 0 Å². The topological polar surface area (TPSA) is 53.1 Å². The maximum atomic E-state index is 5.47. The molecule has 1 aromatic heterocycles. The first-order valence-corrected chi connectivity index (χ1v) is 3.25. The minimum atomic E-state index is 0.584. The third-order valence-corrected chi connectivity index (χ3v) is 1.59. The Morgan fingerprint density at radius 1 is 1.70 bits per heavy atom. The summed E-state index contributed by atoms with van der Waals surface area (Å²) in [4.78, 5) is 4.07. The number of hydrogen-bond acceptors (Lipinski definition) is 3. The molecule has 0 aromatic carbocycles. The molecule has 2 N–H and O–H groups in total. The van der Waals surface area contributed by atoms with Gasteiger partial charge >= 0.3 is 0 Å². The lowest BCUT2D eigenvalue weighted by Crippen LogP contribution is -2.15. The van der Waals surface area contributed by atoms with Gasteiger partial charge in [-0.25, -0.2) is 4.98 Å². The van der Waals surface area contributed by atoms with Gasteiger partial charge in [-0.05, 0) is 0 Å². The predicted molar refractivity (Wildman–Crippen MR) is 36.3 cm³/mol. The van der Waals surface area contributed by atoms with Crippen LogP contribution in [0.2, 0.25) is 0 Å². The SMILES string of the molecule is Nc1cn2c(n1)COCC2. The maximum absolute atomic E-state index is 5.47. The van der Waals surface area contributed by atoms with Gasteiger partial charge in [0.25, 0.3) is 0 Å². The Kier molecular flexibility index (Phi) is 1.14. The highest BCUT2D eigenvalue weighted by Crippen LogP contribution is 2.09. The van der Waals surface area contributed by atoms with Crippen molar-refractivity contribution in [3.05, 3.63) is 12.0 Å². The highest BCUT2D eigenvalue weighted by atomic mass is 16.5. The lowest BCUT2D eigenvalue weighted by atomic mass is 10.5. The van der Waals surface area contributed by atoms with Gasteiger partial charge in [-0.3, -0.25) is 0 Å². The molecule has 1 aliphatic heterocycles. The van der Waals surface area contributed by atoms with E-state index in [4.69, 9.17) is 10.5 Å². The first-order valence-electron chi connectivity index (χ1n) is 3.25. The van der Waals surface area contributed by atoms with Crippen LogP contribution in [0.4, 0.5) is 5.82 Å². The van der Waals surface area contributed by atoms with Crippen molar-refractivity contribution in [2.45, 2.75) is 13.2 Å². The number of rotatable bonds is 0. The molecule has 0 saturated heterocycles. The molecule has 10 heavy (non-hydrogen) atoms. The molecule has 0 saturated carbocycles. The molecule has 4 nitrogen and oxygen atoms in total. The number of imidazole rings is 1. The van der Waals surface area contributed by atoms with E-state index in [2.05, 4.69) is 4.98 Å². The number of aromatic nitrogens is 2. The van der Waals surface area contributed by atoms with E-state index < -0.39 is 0 Å². The van der Waals surface area contributed by atoms with Crippen LogP contribution in [0.1, 0.15) is 5.82 Å². The number of nitrogen functional groups attached to an aromatic ring is 1. The van der Waals surface area contributed by atoms with Crippen molar-refractivity contribution in [3.8, 4) is 0 Å². The molecular weight excluding hydrogens is 130 g/mol. The molecule has 0 aliphatic carbocycles. The molecule has 0 amide bonds. The van der Waals surface area contributed by atoms with Crippen molar-refractivity contribution in [2.75, 3.05) is 12.3 Å². The largest absolute Gasteiger partial charge is 0.382 e. The molecule has 2 heterocycles. The van der Waals surface area contributed by atoms with Crippen LogP contribution in [0.15, 0.2) is 6.20 Å². The Bertz CT molecular complexity index is 220. The van der Waals surface area contributed by atoms with E-state index in [9.17, 15) is 0 Å². The third-order valence-electron chi connectivity index (χ3n) is 1.59. The number of nitrogens with zero attached hydrogens (tertiary/aromatic N) is 2. The summed E-state index contributed by atoms with van der Waals surface area (Å²) >= 11 is 0. The molecule has 1 aliphatic rings. The fraction of sp³-hybridized carbons (Fsp3) is 0.500. The Balaban J connectivity index is 2.41. The van der Waals surface area contributed by atoms with Gasteiger partial charge in [-0.15, -0.1) is 0 Å². The van der Waals surface area contributed by atoms with Crippen LogP contribution in [0.5, 0.6) is 0 Å². The summed E-state index contributed by atoms with van der Waals surface area (Å²) in [6.45, 7) is 2.24. The Hall–Kier alpha value is -1.03. The highest BCUT2D eigenvalue weighted by Gasteiger charge is 2.09. The van der Waals surface area contributed by atoms with Gasteiger partial charge in [0.1, 0.15) is 18.2 Å². The minimum absolute atomic E-state index is 0.584. The van der Waals surface area contributed by atoms with E-state index >= 15 is 0 Å². The van der Waals surface area contributed by atoms with Crippen LogP contribution in [0.3, 0.4) is 0 Å². The molecule has 0 radical (unpaired) electrons. The van der Waals surface area contributed by atoms with Crippen molar-refractivity contribution >= 4 is 5.82 Å². The average Bonchev–Trinajstić information content (AvgIpc) is 2.27. The van der Waals surface area contributed by atoms with Crippen molar-refractivity contribution in [2.24, 2.45) is 0 Å². The van der Waals surface area contributed by atoms with Gasteiger partial charge in [0.05, 0.1) is 6.61 Å². The smallest absolute Gasteiger partial charge is 0.142 e. The summed E-state index contributed by atoms with van der Waals surface area (Å²) in [5.74, 6) is 1.52. The Morgan fingerprint density at radius 3 is 3.40 bits per heavy atom. The van der Waals surface area contributed by atoms with Crippen molar-refractivity contribution in [1.29, 1.82) is 0 Å². The summed E-state index contributed by atoms with van der Waals surface area (Å²) in [5, 5.41) is 0. The van der Waals surface area contributed by atoms with E-state index in [1.165, 1.54) is 0 Å². The average molecular weight is 139 g/mol. The normalized spacial score (nSPS) is 16.8. The quantitative estimate of drug-likeness (QED) is 0.550. The molecule has 0 bridgehead atoms. The predicted octanol–water partition coefficient (Wildman–Crippen LogP) is -0.00450. The second-order valence-electron chi connectivity index (χ2n) is 2.33. The van der Waals surface area contributed by atoms with Gasteiger partial charge in [0.15, 0.2) is 0 Å². The van der Waals surface area contributed by atoms with Crippen molar-refractivity contribution in [1.82, 2.24) is 9.55 Å². The van der Waals surface area contributed by atoms with E-state index in [1.54, 1.807) is 0 Å². The summed E-state index contributed by atoms with van der Waals surface area (Å²) in [6.07, 6.45) is 1.85. The highest BCUT2D eigenvalue weighted by molar-refractivity contribution is 5.25. The number of ether oxygens (including phenoxy) is 1. The molecule has 0 spiro atoms. The number of nitrogens with two attached hydrogens (primary N) is 1. The zero-order valence-electron chi connectivity index (χ0n) is 5.58. The lowest BCUT2D eigenvalue weighted by Gasteiger charge is -2.12. The van der Waals surface area contributed by atoms with E-state index in [-0.39, 0.29) is 0 Å². The fourth-order valence-corrected chi connectivity index (χ4v) is 1.11. The first-order chi connectivity index (χ1) is 4.86. The standard InChI is InChI=1S/C6H9N3O/c7-5-3-9-1-2-10-4-6(9)8-5/h3H,1-2,4,7H2. The van der Waals surface area contributed by atoms with Crippen LogP contribution < -0.4 is 5.73 Å². The van der Waals surface area contributed by atoms with Crippen molar-refractivity contribution in [3.63, 3.8) is 0 Å². The Morgan fingerprint density at radius 2 is 2.60 bits per heavy atom. The van der Waals surface area contributed by atoms with Crippen LogP contribution in [-0.2, 0) is 17.9 Å². The van der Waals surface area contributed by atoms with Crippen LogP contribution in [0, 0.1) is 0 Å². The Labute approximate surface area is 58.6 Å². The van der Waals surface area contributed by atoms with Crippen LogP contribution in [-0.4, -0.2) is 16.2 Å². The monoisotopic (exact) mass is 139 g/mol. The first kappa shape index (κ1) is 5.73. The molecule has 1 aromatic rings. The van der Waals surface area contributed by atoms with Gasteiger partial charge in [0, 0.05) is 12.7 Å². The number of hydrogen-bond donors (Lipinski definition) is 1. The van der Waals surface area contributed by atoms with Gasteiger partial charge in [-0.2, -0.15) is 0 Å². The molecule has 0 fully saturated rings. The van der Waals surface area contributed by atoms with Gasteiger partial charge in [0.2, 0.25) is 0 Å². The summed E-state index contributed by atoms with van der Waals surface area (Å²) in [5.41, 5.74) is 5.47. The van der Waals surface area contributed by atoms with Gasteiger partial charge in [-0.1, -0.05) is 0 Å². The van der Waals surface area contributed by atoms with E-state index in [0.29, 0.717) is 12.4 Å². The zero-order chi connectivity index (χ0) is 6.97. The number of anilines is 1. The lowest BCUT2D eigenvalue weighted by molar-refractivity contribution is 0.0816. The van der Waals surface area contributed by atoms with Crippen LogP contribution in [0.25, 0.3) is 0 Å². The molecule has 2 rings (SSSR count). The zero-order valence-corrected chi connectivity index (χ0v) is 5.58. The third kappa shape index (κ3) is 0.769. The van der Waals surface area contributed by atoms with Crippen molar-refractivity contribution < 1.29 is 4.74 Å². The minimum Gasteiger partial charge on any atom is -0.382 e. The molecule has 54 valence electrons. The summed E-state index contributed by atoms with van der Waals surface area (Å²) in [6, 6.07) is 0.